The van der Waals surface area contributed by atoms with Crippen LogP contribution in [-0.4, -0.2) is 25.1 Å². The Morgan fingerprint density at radius 2 is 1.76 bits per heavy atom. The molecule has 0 bridgehead atoms. The quantitative estimate of drug-likeness (QED) is 0.794. The predicted molar refractivity (Wildman–Crippen MR) is 97.2 cm³/mol. The molecule has 0 radical (unpaired) electrons. The van der Waals surface area contributed by atoms with Crippen LogP contribution in [0, 0.1) is 20.8 Å². The number of halogens is 1. The number of anilines is 1. The highest BCUT2D eigenvalue weighted by Crippen LogP contribution is 2.22. The minimum atomic E-state index is -0.622. The van der Waals surface area contributed by atoms with Gasteiger partial charge in [-0.2, -0.15) is 0 Å². The second-order valence-electron chi connectivity index (χ2n) is 5.73. The van der Waals surface area contributed by atoms with Crippen LogP contribution in [0.2, 0.25) is 5.02 Å². The van der Waals surface area contributed by atoms with Crippen LogP contribution in [0.3, 0.4) is 0 Å². The van der Waals surface area contributed by atoms with Crippen molar-refractivity contribution in [2.45, 2.75) is 20.8 Å². The van der Waals surface area contributed by atoms with Crippen molar-refractivity contribution in [2.75, 3.05) is 18.5 Å². The molecule has 0 aromatic heterocycles. The first-order valence-electron chi connectivity index (χ1n) is 7.77. The lowest BCUT2D eigenvalue weighted by atomic mass is 10.1. The summed E-state index contributed by atoms with van der Waals surface area (Å²) in [6, 6.07) is 10.8. The van der Waals surface area contributed by atoms with Gasteiger partial charge in [0.1, 0.15) is 5.75 Å². The number of hydrogen-bond acceptors (Lipinski definition) is 4. The fraction of sp³-hybridized carbons (Fsp3) is 0.263. The minimum Gasteiger partial charge on any atom is -0.482 e. The predicted octanol–water partition coefficient (Wildman–Crippen LogP) is 3.83. The normalized spacial score (nSPS) is 10.2. The van der Waals surface area contributed by atoms with Crippen molar-refractivity contribution >= 4 is 29.2 Å². The molecular weight excluding hydrogens is 342 g/mol. The van der Waals surface area contributed by atoms with Crippen molar-refractivity contribution in [1.29, 1.82) is 0 Å². The monoisotopic (exact) mass is 361 g/mol. The summed E-state index contributed by atoms with van der Waals surface area (Å²) in [5, 5.41) is 3.02. The number of rotatable bonds is 6. The zero-order chi connectivity index (χ0) is 18.4. The van der Waals surface area contributed by atoms with Gasteiger partial charge in [-0.15, -0.1) is 0 Å². The van der Waals surface area contributed by atoms with E-state index in [1.807, 2.05) is 39.0 Å². The summed E-state index contributed by atoms with van der Waals surface area (Å²) in [6.45, 7) is 5.18. The van der Waals surface area contributed by atoms with E-state index in [0.717, 1.165) is 16.7 Å². The zero-order valence-corrected chi connectivity index (χ0v) is 15.1. The van der Waals surface area contributed by atoms with Crippen LogP contribution in [0.5, 0.6) is 5.75 Å². The van der Waals surface area contributed by atoms with E-state index >= 15 is 0 Å². The molecule has 0 aliphatic rings. The van der Waals surface area contributed by atoms with Crippen LogP contribution in [-0.2, 0) is 14.3 Å². The molecule has 2 aromatic rings. The Kier molecular flexibility index (Phi) is 6.42. The third kappa shape index (κ3) is 5.80. The lowest BCUT2D eigenvalue weighted by Gasteiger charge is -2.10. The van der Waals surface area contributed by atoms with Gasteiger partial charge in [-0.3, -0.25) is 4.79 Å². The van der Waals surface area contributed by atoms with Gasteiger partial charge in [-0.25, -0.2) is 4.79 Å². The van der Waals surface area contributed by atoms with Gasteiger partial charge in [-0.05, 0) is 61.7 Å². The van der Waals surface area contributed by atoms with Gasteiger partial charge in [0, 0.05) is 0 Å². The van der Waals surface area contributed by atoms with Crippen molar-refractivity contribution in [3.05, 3.63) is 58.1 Å². The fourth-order valence-electron chi connectivity index (χ4n) is 2.04. The van der Waals surface area contributed by atoms with Gasteiger partial charge >= 0.3 is 5.97 Å². The molecule has 0 spiro atoms. The summed E-state index contributed by atoms with van der Waals surface area (Å²) in [5.41, 5.74) is 3.67. The number of esters is 1. The number of ether oxygens (including phenoxy) is 2. The van der Waals surface area contributed by atoms with Crippen LogP contribution in [0.15, 0.2) is 36.4 Å². The number of amides is 1. The Bertz CT molecular complexity index is 789. The molecular formula is C19H20ClNO4. The maximum Gasteiger partial charge on any atom is 0.344 e. The molecule has 0 saturated heterocycles. The highest BCUT2D eigenvalue weighted by Gasteiger charge is 2.10. The van der Waals surface area contributed by atoms with Crippen molar-refractivity contribution in [1.82, 2.24) is 0 Å². The Labute approximate surface area is 151 Å². The van der Waals surface area contributed by atoms with Crippen molar-refractivity contribution in [2.24, 2.45) is 0 Å². The van der Waals surface area contributed by atoms with Crippen molar-refractivity contribution in [3.8, 4) is 5.75 Å². The van der Waals surface area contributed by atoms with Crippen molar-refractivity contribution in [3.63, 3.8) is 0 Å². The van der Waals surface area contributed by atoms with Gasteiger partial charge in [0.05, 0.1) is 10.7 Å². The van der Waals surface area contributed by atoms with E-state index in [1.165, 1.54) is 0 Å². The SMILES string of the molecule is Cc1ccc(NC(=O)COC(=O)COc2ccc(C)c(C)c2)c(Cl)c1. The molecule has 1 amide bonds. The molecule has 6 heteroatoms. The fourth-order valence-corrected chi connectivity index (χ4v) is 2.32. The highest BCUT2D eigenvalue weighted by atomic mass is 35.5. The second-order valence-corrected chi connectivity index (χ2v) is 6.13. The highest BCUT2D eigenvalue weighted by molar-refractivity contribution is 6.33. The number of hydrogen-bond donors (Lipinski definition) is 1. The molecule has 2 aromatic carbocycles. The van der Waals surface area contributed by atoms with E-state index in [1.54, 1.807) is 18.2 Å². The number of nitrogens with one attached hydrogen (secondary N) is 1. The molecule has 25 heavy (non-hydrogen) atoms. The Morgan fingerprint density at radius 1 is 1.00 bits per heavy atom. The summed E-state index contributed by atoms with van der Waals surface area (Å²) >= 11 is 6.04. The van der Waals surface area contributed by atoms with Crippen LogP contribution in [0.4, 0.5) is 5.69 Å². The van der Waals surface area contributed by atoms with Crippen LogP contribution in [0.1, 0.15) is 16.7 Å². The summed E-state index contributed by atoms with van der Waals surface area (Å²) in [5.74, 6) is -0.510. The molecule has 0 saturated carbocycles. The molecule has 0 aliphatic carbocycles. The molecule has 2 rings (SSSR count). The Balaban J connectivity index is 1.77. The molecule has 0 heterocycles. The first-order valence-corrected chi connectivity index (χ1v) is 8.14. The molecule has 1 N–H and O–H groups in total. The van der Waals surface area contributed by atoms with Gasteiger partial charge in [0.2, 0.25) is 0 Å². The van der Waals surface area contributed by atoms with E-state index < -0.39 is 18.5 Å². The Hall–Kier alpha value is -2.53. The second kappa shape index (κ2) is 8.53. The molecule has 0 unspecified atom stereocenters. The lowest BCUT2D eigenvalue weighted by Crippen LogP contribution is -2.23. The smallest absolute Gasteiger partial charge is 0.344 e. The average Bonchev–Trinajstić information content (AvgIpc) is 2.56. The third-order valence-corrected chi connectivity index (χ3v) is 3.91. The van der Waals surface area contributed by atoms with Crippen molar-refractivity contribution < 1.29 is 19.1 Å². The van der Waals surface area contributed by atoms with E-state index in [-0.39, 0.29) is 6.61 Å². The minimum absolute atomic E-state index is 0.263. The first kappa shape index (κ1) is 18.8. The molecule has 132 valence electrons. The van der Waals surface area contributed by atoms with Crippen LogP contribution < -0.4 is 10.1 Å². The number of carbonyl (C=O) groups excluding carboxylic acids is 2. The summed E-state index contributed by atoms with van der Waals surface area (Å²) in [4.78, 5) is 23.5. The van der Waals surface area contributed by atoms with E-state index in [4.69, 9.17) is 21.1 Å². The molecule has 0 atom stereocenters. The van der Waals surface area contributed by atoms with Gasteiger partial charge < -0.3 is 14.8 Å². The average molecular weight is 362 g/mol. The maximum atomic E-state index is 11.8. The van der Waals surface area contributed by atoms with Crippen LogP contribution in [0.25, 0.3) is 0 Å². The lowest BCUT2D eigenvalue weighted by molar-refractivity contribution is -0.149. The standard InChI is InChI=1S/C19H20ClNO4/c1-12-4-7-17(16(20)8-12)21-18(22)10-25-19(23)11-24-15-6-5-13(2)14(3)9-15/h4-9H,10-11H2,1-3H3,(H,21,22). The van der Waals surface area contributed by atoms with Crippen LogP contribution >= 0.6 is 11.6 Å². The first-order chi connectivity index (χ1) is 11.8. The summed E-state index contributed by atoms with van der Waals surface area (Å²) < 4.78 is 10.3. The summed E-state index contributed by atoms with van der Waals surface area (Å²) in [7, 11) is 0. The Morgan fingerprint density at radius 3 is 2.44 bits per heavy atom. The number of carbonyl (C=O) groups is 2. The number of aryl methyl sites for hydroxylation is 3. The number of benzene rings is 2. The van der Waals surface area contributed by atoms with Gasteiger partial charge in [-0.1, -0.05) is 23.7 Å². The maximum absolute atomic E-state index is 11.8. The summed E-state index contributed by atoms with van der Waals surface area (Å²) in [6.07, 6.45) is 0. The third-order valence-electron chi connectivity index (χ3n) is 3.60. The van der Waals surface area contributed by atoms with E-state index in [9.17, 15) is 9.59 Å². The molecule has 0 fully saturated rings. The van der Waals surface area contributed by atoms with E-state index in [2.05, 4.69) is 5.32 Å². The molecule has 5 nitrogen and oxygen atoms in total. The van der Waals surface area contributed by atoms with Gasteiger partial charge in [0.15, 0.2) is 13.2 Å². The van der Waals surface area contributed by atoms with Gasteiger partial charge in [0.25, 0.3) is 5.91 Å². The zero-order valence-electron chi connectivity index (χ0n) is 14.4. The molecule has 0 aliphatic heterocycles. The largest absolute Gasteiger partial charge is 0.482 e. The topological polar surface area (TPSA) is 64.6 Å². The van der Waals surface area contributed by atoms with E-state index in [0.29, 0.717) is 16.5 Å².